The predicted octanol–water partition coefficient (Wildman–Crippen LogP) is 1.46. The third kappa shape index (κ3) is 3.81. The molecule has 0 atom stereocenters. The topological polar surface area (TPSA) is 89.3 Å². The molecular weight excluding hydrogens is 264 g/mol. The Morgan fingerprint density at radius 1 is 1.58 bits per heavy atom. The van der Waals surface area contributed by atoms with Gasteiger partial charge in [-0.1, -0.05) is 11.3 Å². The van der Waals surface area contributed by atoms with Crippen molar-refractivity contribution >= 4 is 28.2 Å². The number of ether oxygens (including phenoxy) is 1. The van der Waals surface area contributed by atoms with Crippen molar-refractivity contribution in [2.24, 2.45) is 0 Å². The lowest BCUT2D eigenvalue weighted by Gasteiger charge is -2.25. The molecule has 0 unspecified atom stereocenters. The summed E-state index contributed by atoms with van der Waals surface area (Å²) in [5.41, 5.74) is 5.78. The monoisotopic (exact) mass is 284 g/mol. The van der Waals surface area contributed by atoms with Gasteiger partial charge in [0.05, 0.1) is 0 Å². The number of hydrogen-bond donors (Lipinski definition) is 3. The third-order valence-corrected chi connectivity index (χ3v) is 4.10. The van der Waals surface area contributed by atoms with Crippen LogP contribution in [-0.2, 0) is 4.74 Å². The standard InChI is InChI=1S/C12H20N4O2S/c1-18-7-3-6-14-11(17)9-10(13)16-12(19-9)15-8-4-2-5-8/h8H,2-7,13H2,1H3,(H,14,17)(H,15,16). The molecule has 0 saturated heterocycles. The van der Waals surface area contributed by atoms with E-state index >= 15 is 0 Å². The first-order valence-electron chi connectivity index (χ1n) is 6.50. The fraction of sp³-hybridized carbons (Fsp3) is 0.667. The maximum Gasteiger partial charge on any atom is 0.265 e. The SMILES string of the molecule is COCCCNC(=O)c1sc(NC2CCC2)nc1N. The Morgan fingerprint density at radius 2 is 2.37 bits per heavy atom. The number of nitrogens with zero attached hydrogens (tertiary/aromatic N) is 1. The molecule has 0 bridgehead atoms. The zero-order chi connectivity index (χ0) is 13.7. The first-order valence-corrected chi connectivity index (χ1v) is 7.32. The number of aromatic nitrogens is 1. The molecule has 7 heteroatoms. The number of hydrogen-bond acceptors (Lipinski definition) is 6. The Hall–Kier alpha value is -1.34. The molecule has 0 aromatic carbocycles. The summed E-state index contributed by atoms with van der Waals surface area (Å²) in [6.45, 7) is 1.21. The minimum absolute atomic E-state index is 0.159. The molecule has 1 aliphatic rings. The maximum atomic E-state index is 11.9. The van der Waals surface area contributed by atoms with E-state index in [1.54, 1.807) is 7.11 Å². The van der Waals surface area contributed by atoms with Crippen molar-refractivity contribution in [1.29, 1.82) is 0 Å². The highest BCUT2D eigenvalue weighted by atomic mass is 32.1. The minimum Gasteiger partial charge on any atom is -0.385 e. The number of nitrogen functional groups attached to an aromatic ring is 1. The van der Waals surface area contributed by atoms with E-state index in [1.807, 2.05) is 0 Å². The van der Waals surface area contributed by atoms with Crippen molar-refractivity contribution < 1.29 is 9.53 Å². The number of carbonyl (C=O) groups excluding carboxylic acids is 1. The predicted molar refractivity (Wildman–Crippen MR) is 76.6 cm³/mol. The molecule has 1 aliphatic carbocycles. The van der Waals surface area contributed by atoms with E-state index < -0.39 is 0 Å². The van der Waals surface area contributed by atoms with Crippen molar-refractivity contribution in [1.82, 2.24) is 10.3 Å². The highest BCUT2D eigenvalue weighted by Gasteiger charge is 2.21. The van der Waals surface area contributed by atoms with Gasteiger partial charge in [-0.25, -0.2) is 4.98 Å². The third-order valence-electron chi connectivity index (χ3n) is 3.10. The summed E-state index contributed by atoms with van der Waals surface area (Å²) in [5.74, 6) is 0.142. The number of methoxy groups -OCH3 is 1. The molecule has 0 radical (unpaired) electrons. The van der Waals surface area contributed by atoms with Gasteiger partial charge in [-0.15, -0.1) is 0 Å². The molecule has 6 nitrogen and oxygen atoms in total. The van der Waals surface area contributed by atoms with E-state index in [2.05, 4.69) is 15.6 Å². The maximum absolute atomic E-state index is 11.9. The molecule has 19 heavy (non-hydrogen) atoms. The molecule has 1 amide bonds. The van der Waals surface area contributed by atoms with Crippen LogP contribution in [0.4, 0.5) is 10.9 Å². The van der Waals surface area contributed by atoms with Gasteiger partial charge in [0.2, 0.25) is 0 Å². The molecule has 1 aromatic heterocycles. The minimum atomic E-state index is -0.159. The average Bonchev–Trinajstić information content (AvgIpc) is 2.71. The molecule has 1 fully saturated rings. The van der Waals surface area contributed by atoms with Crippen LogP contribution in [-0.4, -0.2) is 37.2 Å². The van der Waals surface area contributed by atoms with Gasteiger partial charge >= 0.3 is 0 Å². The summed E-state index contributed by atoms with van der Waals surface area (Å²) in [6, 6.07) is 0.489. The Kier molecular flexibility index (Phi) is 4.98. The van der Waals surface area contributed by atoms with Crippen LogP contribution in [0.5, 0.6) is 0 Å². The number of anilines is 2. The summed E-state index contributed by atoms with van der Waals surface area (Å²) in [4.78, 5) is 16.6. The normalized spacial score (nSPS) is 15.0. The zero-order valence-corrected chi connectivity index (χ0v) is 11.9. The number of nitrogens with two attached hydrogens (primary N) is 1. The first kappa shape index (κ1) is 14.1. The van der Waals surface area contributed by atoms with Crippen LogP contribution in [0, 0.1) is 0 Å². The van der Waals surface area contributed by atoms with E-state index in [4.69, 9.17) is 10.5 Å². The van der Waals surface area contributed by atoms with Gasteiger partial charge in [0, 0.05) is 26.3 Å². The second-order valence-corrected chi connectivity index (χ2v) is 5.61. The number of nitrogens with one attached hydrogen (secondary N) is 2. The van der Waals surface area contributed by atoms with Crippen LogP contribution in [0.25, 0.3) is 0 Å². The van der Waals surface area contributed by atoms with Crippen LogP contribution in [0.15, 0.2) is 0 Å². The summed E-state index contributed by atoms with van der Waals surface area (Å²) < 4.78 is 4.92. The second-order valence-electron chi connectivity index (χ2n) is 4.61. The van der Waals surface area contributed by atoms with Gasteiger partial charge in [0.15, 0.2) is 5.13 Å². The van der Waals surface area contributed by atoms with E-state index in [1.165, 1.54) is 17.8 Å². The highest BCUT2D eigenvalue weighted by molar-refractivity contribution is 7.18. The fourth-order valence-corrected chi connectivity index (χ4v) is 2.66. The lowest BCUT2D eigenvalue weighted by Crippen LogP contribution is -2.26. The van der Waals surface area contributed by atoms with Gasteiger partial charge in [0.25, 0.3) is 5.91 Å². The molecule has 0 spiro atoms. The molecule has 106 valence electrons. The summed E-state index contributed by atoms with van der Waals surface area (Å²) in [6.07, 6.45) is 4.37. The lowest BCUT2D eigenvalue weighted by molar-refractivity contribution is 0.0953. The van der Waals surface area contributed by atoms with Gasteiger partial charge in [0.1, 0.15) is 10.7 Å². The van der Waals surface area contributed by atoms with E-state index in [0.717, 1.165) is 24.4 Å². The largest absolute Gasteiger partial charge is 0.385 e. The van der Waals surface area contributed by atoms with Gasteiger partial charge < -0.3 is 21.1 Å². The Morgan fingerprint density at radius 3 is 3.00 bits per heavy atom. The van der Waals surface area contributed by atoms with Crippen molar-refractivity contribution in [2.75, 3.05) is 31.3 Å². The van der Waals surface area contributed by atoms with Crippen LogP contribution in [0.2, 0.25) is 0 Å². The van der Waals surface area contributed by atoms with Gasteiger partial charge in [-0.2, -0.15) is 0 Å². The quantitative estimate of drug-likeness (QED) is 0.660. The van der Waals surface area contributed by atoms with Crippen LogP contribution in [0.3, 0.4) is 0 Å². The van der Waals surface area contributed by atoms with Gasteiger partial charge in [-0.05, 0) is 25.7 Å². The molecule has 4 N–H and O–H groups in total. The van der Waals surface area contributed by atoms with Crippen molar-refractivity contribution in [3.05, 3.63) is 4.88 Å². The fourth-order valence-electron chi connectivity index (χ4n) is 1.78. The Labute approximate surface area is 116 Å². The second kappa shape index (κ2) is 6.72. The van der Waals surface area contributed by atoms with E-state index in [9.17, 15) is 4.79 Å². The summed E-state index contributed by atoms with van der Waals surface area (Å²) in [7, 11) is 1.64. The highest BCUT2D eigenvalue weighted by Crippen LogP contribution is 2.29. The van der Waals surface area contributed by atoms with Crippen LogP contribution in [0.1, 0.15) is 35.4 Å². The molecule has 0 aliphatic heterocycles. The first-order chi connectivity index (χ1) is 9.20. The van der Waals surface area contributed by atoms with E-state index in [-0.39, 0.29) is 5.91 Å². The number of carbonyl (C=O) groups is 1. The summed E-state index contributed by atoms with van der Waals surface area (Å²) >= 11 is 1.32. The molecular formula is C12H20N4O2S. The zero-order valence-electron chi connectivity index (χ0n) is 11.1. The Bertz CT molecular complexity index is 431. The summed E-state index contributed by atoms with van der Waals surface area (Å²) in [5, 5.41) is 6.85. The smallest absolute Gasteiger partial charge is 0.265 e. The molecule has 1 aromatic rings. The van der Waals surface area contributed by atoms with Crippen molar-refractivity contribution in [2.45, 2.75) is 31.7 Å². The van der Waals surface area contributed by atoms with Crippen LogP contribution >= 0.6 is 11.3 Å². The van der Waals surface area contributed by atoms with Crippen molar-refractivity contribution in [3.63, 3.8) is 0 Å². The Balaban J connectivity index is 1.85. The number of rotatable bonds is 7. The van der Waals surface area contributed by atoms with E-state index in [0.29, 0.717) is 29.9 Å². The molecule has 1 saturated carbocycles. The van der Waals surface area contributed by atoms with Crippen LogP contribution < -0.4 is 16.4 Å². The average molecular weight is 284 g/mol. The molecule has 1 heterocycles. The number of thiazole rings is 1. The lowest BCUT2D eigenvalue weighted by atomic mass is 9.93. The van der Waals surface area contributed by atoms with Crippen molar-refractivity contribution in [3.8, 4) is 0 Å². The molecule has 2 rings (SSSR count). The van der Waals surface area contributed by atoms with Gasteiger partial charge in [-0.3, -0.25) is 4.79 Å². The number of amides is 1.